The van der Waals surface area contributed by atoms with Crippen molar-refractivity contribution >= 4 is 12.0 Å². The molecule has 0 radical (unpaired) electrons. The van der Waals surface area contributed by atoms with Crippen LogP contribution in [0.15, 0.2) is 30.3 Å². The van der Waals surface area contributed by atoms with Crippen molar-refractivity contribution in [3.8, 4) is 0 Å². The third-order valence-electron chi connectivity index (χ3n) is 2.06. The molecule has 0 bridgehead atoms. The average Bonchev–Trinajstić information content (AvgIpc) is 2.35. The average molecular weight is 225 g/mol. The third kappa shape index (κ3) is 2.96. The van der Waals surface area contributed by atoms with Crippen molar-refractivity contribution in [2.24, 2.45) is 5.73 Å². The molecule has 2 amide bonds. The number of hydrogen-bond acceptors (Lipinski definition) is 3. The van der Waals surface area contributed by atoms with Crippen molar-refractivity contribution in [1.29, 1.82) is 0 Å². The Morgan fingerprint density at radius 1 is 1.44 bits per heavy atom. The summed E-state index contributed by atoms with van der Waals surface area (Å²) in [5.74, 6) is -1.35. The van der Waals surface area contributed by atoms with E-state index in [9.17, 15) is 14.8 Å². The number of aliphatic carboxylic acids is 1. The van der Waals surface area contributed by atoms with Gasteiger partial charge in [-0.1, -0.05) is 30.3 Å². The summed E-state index contributed by atoms with van der Waals surface area (Å²) in [4.78, 5) is 21.9. The Morgan fingerprint density at radius 3 is 2.56 bits per heavy atom. The summed E-state index contributed by atoms with van der Waals surface area (Å²) in [6, 6.07) is 5.97. The summed E-state index contributed by atoms with van der Waals surface area (Å²) >= 11 is 0. The zero-order valence-electron chi connectivity index (χ0n) is 9.33. The lowest BCUT2D eigenvalue weighted by molar-refractivity contribution is -0.156. The fourth-order valence-electron chi connectivity index (χ4n) is 1.26. The minimum atomic E-state index is -1.43. The van der Waals surface area contributed by atoms with Gasteiger partial charge in [0.25, 0.3) is 0 Å². The lowest BCUT2D eigenvalue weighted by Gasteiger charge is -2.20. The Morgan fingerprint density at radius 2 is 2.06 bits per heavy atom. The molecule has 1 aromatic carbocycles. The van der Waals surface area contributed by atoms with E-state index < -0.39 is 18.0 Å². The van der Waals surface area contributed by atoms with Crippen LogP contribution in [0.25, 0.3) is 0 Å². The maximum absolute atomic E-state index is 11.0. The molecule has 0 spiro atoms. The molecule has 0 saturated carbocycles. The van der Waals surface area contributed by atoms with Gasteiger partial charge in [0.2, 0.25) is 0 Å². The molecule has 0 aromatic heterocycles. The Kier molecular flexibility index (Phi) is 3.35. The number of amides is 2. The maximum atomic E-state index is 11.0. The van der Waals surface area contributed by atoms with Crippen LogP contribution in [-0.4, -0.2) is 33.4 Å². The van der Waals surface area contributed by atoms with Crippen LogP contribution >= 0.6 is 0 Å². The number of carbonyl (C=O) groups excluding carboxylic acids is 1. The smallest absolute Gasteiger partial charge is 0.339 e. The first-order valence-corrected chi connectivity index (χ1v) is 4.52. The predicted molar refractivity (Wildman–Crippen MR) is 54.8 cm³/mol. The summed E-state index contributed by atoms with van der Waals surface area (Å²) in [6.07, 6.45) is -0.0416. The van der Waals surface area contributed by atoms with Crippen LogP contribution in [-0.2, 0) is 11.2 Å². The van der Waals surface area contributed by atoms with Gasteiger partial charge in [0, 0.05) is 6.42 Å². The molecule has 1 rings (SSSR count). The molecule has 0 unspecified atom stereocenters. The summed E-state index contributed by atoms with van der Waals surface area (Å²) in [7, 11) is 0. The lowest BCUT2D eigenvalue weighted by Crippen LogP contribution is -2.46. The van der Waals surface area contributed by atoms with Gasteiger partial charge in [-0.3, -0.25) is 5.21 Å². The molecule has 4 N–H and O–H groups in total. The molecule has 0 aliphatic carbocycles. The number of rotatable bonds is 4. The van der Waals surface area contributed by atoms with E-state index in [1.54, 1.807) is 30.3 Å². The van der Waals surface area contributed by atoms with Gasteiger partial charge in [0.15, 0.2) is 7.45 Å². The molecule has 0 heterocycles. The minimum Gasteiger partial charge on any atom is -0.480 e. The van der Waals surface area contributed by atoms with Crippen molar-refractivity contribution in [2.45, 2.75) is 12.5 Å². The van der Waals surface area contributed by atoms with Gasteiger partial charge < -0.3 is 10.8 Å². The van der Waals surface area contributed by atoms with E-state index >= 15 is 0 Å². The van der Waals surface area contributed by atoms with Crippen LogP contribution in [0.4, 0.5) is 4.79 Å². The second kappa shape index (κ2) is 5.13. The summed E-state index contributed by atoms with van der Waals surface area (Å²) in [5, 5.41) is 18.2. The van der Waals surface area contributed by atoms with Crippen LogP contribution in [0.1, 0.15) is 5.56 Å². The summed E-state index contributed by atoms with van der Waals surface area (Å²) in [5.41, 5.74) is 2.07. The number of nitrogens with two attached hydrogens (primary N) is 1. The Bertz CT molecular complexity index is 399. The van der Waals surface area contributed by atoms with Crippen molar-refractivity contribution in [3.05, 3.63) is 35.9 Å². The highest BCUT2D eigenvalue weighted by Crippen LogP contribution is 2.07. The van der Waals surface area contributed by atoms with Gasteiger partial charge in [-0.05, 0) is 5.56 Å². The van der Waals surface area contributed by atoms with Gasteiger partial charge in [-0.25, -0.2) is 9.59 Å². The molecule has 0 fully saturated rings. The zero-order chi connectivity index (χ0) is 12.8. The Labute approximate surface area is 93.3 Å². The van der Waals surface area contributed by atoms with Gasteiger partial charge >= 0.3 is 12.0 Å². The fraction of sp³-hybridized carbons (Fsp3) is 0.200. The molecular weight excluding hydrogens is 212 g/mol. The van der Waals surface area contributed by atoms with Crippen molar-refractivity contribution in [3.63, 3.8) is 0 Å². The van der Waals surface area contributed by atoms with Crippen LogP contribution in [0.2, 0.25) is 1.41 Å². The number of hydroxylamine groups is 2. The molecule has 86 valence electrons. The highest BCUT2D eigenvalue weighted by atomic mass is 16.5. The van der Waals surface area contributed by atoms with Crippen molar-refractivity contribution in [1.82, 2.24) is 5.06 Å². The molecular formula is C10H12N2O4. The largest absolute Gasteiger partial charge is 0.480 e. The lowest BCUT2D eigenvalue weighted by atomic mass is 10.1. The van der Waals surface area contributed by atoms with Gasteiger partial charge in [0.05, 0.1) is 0 Å². The van der Waals surface area contributed by atoms with Gasteiger partial charge in [-0.15, -0.1) is 0 Å². The molecule has 6 nitrogen and oxygen atoms in total. The number of urea groups is 1. The number of primary amides is 1. The quantitative estimate of drug-likeness (QED) is 0.511. The maximum Gasteiger partial charge on any atom is 0.339 e. The second-order valence-electron chi connectivity index (χ2n) is 3.19. The fourth-order valence-corrected chi connectivity index (χ4v) is 1.26. The summed E-state index contributed by atoms with van der Waals surface area (Å²) < 4.78 is 6.56. The Balaban J connectivity index is 2.81. The minimum absolute atomic E-state index is 0.00231. The monoisotopic (exact) mass is 225 g/mol. The Hall–Kier alpha value is -2.08. The molecule has 16 heavy (non-hydrogen) atoms. The highest BCUT2D eigenvalue weighted by molar-refractivity contribution is 5.81. The van der Waals surface area contributed by atoms with E-state index in [-0.39, 0.29) is 11.5 Å². The van der Waals surface area contributed by atoms with Crippen LogP contribution in [0.5, 0.6) is 0 Å². The van der Waals surface area contributed by atoms with Crippen LogP contribution in [0.3, 0.4) is 0 Å². The number of hydrogen-bond donors (Lipinski definition) is 3. The molecule has 0 aliphatic heterocycles. The molecule has 0 aliphatic rings. The first-order chi connectivity index (χ1) is 8.06. The summed E-state index contributed by atoms with van der Waals surface area (Å²) in [6.45, 7) is 0. The standard InChI is InChI=1S/C10H12N2O4/c11-10(15)12(16)8(9(13)14)6-7-4-2-1-3-5-7/h1-5,8,16H,6H2,(H2,11,15)(H,13,14)/t8-/m0/s1/i/hD. The van der Waals surface area contributed by atoms with E-state index in [0.717, 1.165) is 0 Å². The van der Waals surface area contributed by atoms with Crippen molar-refractivity contribution < 1.29 is 21.3 Å². The van der Waals surface area contributed by atoms with E-state index in [1.165, 1.54) is 5.73 Å². The van der Waals surface area contributed by atoms with Crippen molar-refractivity contribution in [2.75, 3.05) is 0 Å². The molecule has 0 saturated heterocycles. The first kappa shape index (κ1) is 10.4. The second-order valence-corrected chi connectivity index (χ2v) is 3.19. The SMILES string of the molecule is [2H]NC(=O)N(O)[C@@H](Cc1ccccc1)C(=O)O. The molecule has 1 atom stereocenters. The number of nitrogens with zero attached hydrogens (tertiary/aromatic N) is 1. The van der Waals surface area contributed by atoms with Crippen LogP contribution < -0.4 is 5.73 Å². The number of benzene rings is 1. The zero-order valence-corrected chi connectivity index (χ0v) is 8.33. The topological polar surface area (TPSA) is 104 Å². The number of carboxylic acids is 1. The molecule has 1 aromatic rings. The third-order valence-corrected chi connectivity index (χ3v) is 2.06. The number of carboxylic acid groups (broad SMARTS) is 1. The van der Waals surface area contributed by atoms with Gasteiger partial charge in [0.1, 0.15) is 0 Å². The molecule has 6 heteroatoms. The van der Waals surface area contributed by atoms with Gasteiger partial charge in [-0.2, -0.15) is 5.06 Å². The van der Waals surface area contributed by atoms with Crippen LogP contribution in [0, 0.1) is 0 Å². The van der Waals surface area contributed by atoms with E-state index in [4.69, 9.17) is 6.52 Å². The highest BCUT2D eigenvalue weighted by Gasteiger charge is 2.27. The normalized spacial score (nSPS) is 12.4. The van der Waals surface area contributed by atoms with E-state index in [0.29, 0.717) is 5.56 Å². The first-order valence-electron chi connectivity index (χ1n) is 5.02. The van der Waals surface area contributed by atoms with E-state index in [1.807, 2.05) is 0 Å². The predicted octanol–water partition coefficient (Wildman–Crippen LogP) is 0.452. The number of carbonyl (C=O) groups is 2. The van der Waals surface area contributed by atoms with E-state index in [2.05, 4.69) is 0 Å².